The van der Waals surface area contributed by atoms with Crippen molar-refractivity contribution < 1.29 is 21.6 Å². The summed E-state index contributed by atoms with van der Waals surface area (Å²) in [7, 11) is -2.34. The van der Waals surface area contributed by atoms with Crippen molar-refractivity contribution in [2.45, 2.75) is 30.8 Å². The number of nitrogens with zero attached hydrogens (tertiary/aromatic N) is 1. The van der Waals surface area contributed by atoms with Crippen LogP contribution in [0.5, 0.6) is 0 Å². The lowest BCUT2D eigenvalue weighted by molar-refractivity contribution is -0.138. The fourth-order valence-corrected chi connectivity index (χ4v) is 4.13. The maximum Gasteiger partial charge on any atom is 0.416 e. The average molecular weight is 336 g/mol. The van der Waals surface area contributed by atoms with E-state index in [4.69, 9.17) is 0 Å². The van der Waals surface area contributed by atoms with E-state index in [0.717, 1.165) is 6.07 Å². The van der Waals surface area contributed by atoms with Crippen LogP contribution < -0.4 is 5.32 Å². The minimum Gasteiger partial charge on any atom is -0.317 e. The van der Waals surface area contributed by atoms with Crippen molar-refractivity contribution in [1.29, 1.82) is 0 Å². The summed E-state index contributed by atoms with van der Waals surface area (Å²) in [6.45, 7) is 1.42. The number of hydrogen-bond acceptors (Lipinski definition) is 3. The Hall–Kier alpha value is -1.12. The summed E-state index contributed by atoms with van der Waals surface area (Å²) in [6.07, 6.45) is -3.23. The van der Waals surface area contributed by atoms with Crippen molar-refractivity contribution in [2.24, 2.45) is 0 Å². The molecule has 0 saturated carbocycles. The van der Waals surface area contributed by atoms with Crippen LogP contribution in [0.25, 0.3) is 0 Å². The molecule has 0 aromatic heterocycles. The van der Waals surface area contributed by atoms with Gasteiger partial charge in [-0.3, -0.25) is 0 Å². The molecule has 1 heterocycles. The molecule has 0 aliphatic carbocycles. The molecule has 0 unspecified atom stereocenters. The van der Waals surface area contributed by atoms with Crippen LogP contribution in [0.4, 0.5) is 13.2 Å². The predicted octanol–water partition coefficient (Wildman–Crippen LogP) is 2.22. The molecular formula is C14H19F3N2O2S. The second-order valence-electron chi connectivity index (χ2n) is 5.41. The van der Waals surface area contributed by atoms with Crippen LogP contribution >= 0.6 is 0 Å². The lowest BCUT2D eigenvalue weighted by Crippen LogP contribution is -2.44. The van der Waals surface area contributed by atoms with E-state index < -0.39 is 27.5 Å². The molecule has 8 heteroatoms. The molecule has 124 valence electrons. The molecule has 22 heavy (non-hydrogen) atoms. The fraction of sp³-hybridized carbons (Fsp3) is 0.571. The molecule has 0 amide bonds. The van der Waals surface area contributed by atoms with Gasteiger partial charge in [0.2, 0.25) is 10.0 Å². The second kappa shape index (κ2) is 6.55. The van der Waals surface area contributed by atoms with E-state index in [2.05, 4.69) is 5.32 Å². The van der Waals surface area contributed by atoms with Gasteiger partial charge in [0, 0.05) is 13.1 Å². The van der Waals surface area contributed by atoms with Gasteiger partial charge in [-0.1, -0.05) is 18.2 Å². The van der Waals surface area contributed by atoms with Gasteiger partial charge in [0.15, 0.2) is 0 Å². The van der Waals surface area contributed by atoms with Gasteiger partial charge in [-0.25, -0.2) is 12.7 Å². The van der Waals surface area contributed by atoms with Crippen LogP contribution in [0.3, 0.4) is 0 Å². The van der Waals surface area contributed by atoms with Gasteiger partial charge < -0.3 is 5.32 Å². The molecule has 1 aliphatic rings. The van der Waals surface area contributed by atoms with Gasteiger partial charge in [-0.05, 0) is 37.6 Å². The largest absolute Gasteiger partial charge is 0.416 e. The van der Waals surface area contributed by atoms with Crippen LogP contribution in [-0.4, -0.2) is 38.9 Å². The van der Waals surface area contributed by atoms with Crippen LogP contribution in [0.2, 0.25) is 0 Å². The highest BCUT2D eigenvalue weighted by atomic mass is 32.2. The van der Waals surface area contributed by atoms with Crippen molar-refractivity contribution in [3.8, 4) is 0 Å². The smallest absolute Gasteiger partial charge is 0.317 e. The number of halogens is 3. The third kappa shape index (κ3) is 3.99. The summed E-state index contributed by atoms with van der Waals surface area (Å²) in [5.41, 5.74) is -1.10. The number of benzene rings is 1. The molecule has 0 bridgehead atoms. The van der Waals surface area contributed by atoms with Gasteiger partial charge >= 0.3 is 6.18 Å². The van der Waals surface area contributed by atoms with Crippen molar-refractivity contribution in [1.82, 2.24) is 9.62 Å². The molecule has 2 rings (SSSR count). The minimum atomic E-state index is -4.56. The Bertz CT molecular complexity index is 611. The van der Waals surface area contributed by atoms with Gasteiger partial charge in [0.05, 0.1) is 11.3 Å². The first-order valence-electron chi connectivity index (χ1n) is 7.03. The quantitative estimate of drug-likeness (QED) is 0.917. The molecule has 0 spiro atoms. The van der Waals surface area contributed by atoms with Crippen molar-refractivity contribution in [3.05, 3.63) is 35.4 Å². The maximum absolute atomic E-state index is 13.0. The molecular weight excluding hydrogens is 317 g/mol. The lowest BCUT2D eigenvalue weighted by Gasteiger charge is -2.31. The van der Waals surface area contributed by atoms with E-state index in [0.29, 0.717) is 25.9 Å². The highest BCUT2D eigenvalue weighted by Crippen LogP contribution is 2.33. The molecule has 1 saturated heterocycles. The van der Waals surface area contributed by atoms with E-state index in [1.807, 2.05) is 0 Å². The molecule has 1 aromatic rings. The Labute approximate surface area is 128 Å². The number of nitrogens with one attached hydrogen (secondary N) is 1. The van der Waals surface area contributed by atoms with Crippen molar-refractivity contribution in [3.63, 3.8) is 0 Å². The third-order valence-corrected chi connectivity index (χ3v) is 5.77. The first kappa shape index (κ1) is 17.2. The van der Waals surface area contributed by atoms with E-state index in [9.17, 15) is 21.6 Å². The molecule has 1 aliphatic heterocycles. The Balaban J connectivity index is 2.22. The summed E-state index contributed by atoms with van der Waals surface area (Å²) in [4.78, 5) is 0. The summed E-state index contributed by atoms with van der Waals surface area (Å²) in [6, 6.07) is 4.65. The summed E-state index contributed by atoms with van der Waals surface area (Å²) >= 11 is 0. The molecule has 0 atom stereocenters. The SMILES string of the molecule is CN(C1CCNCC1)S(=O)(=O)Cc1ccccc1C(F)(F)F. The highest BCUT2D eigenvalue weighted by molar-refractivity contribution is 7.88. The zero-order valence-electron chi connectivity index (χ0n) is 12.2. The molecule has 0 radical (unpaired) electrons. The van der Waals surface area contributed by atoms with E-state index >= 15 is 0 Å². The summed E-state index contributed by atoms with van der Waals surface area (Å²) in [5, 5.41) is 3.13. The fourth-order valence-electron chi connectivity index (χ4n) is 2.62. The monoisotopic (exact) mass is 336 g/mol. The summed E-state index contributed by atoms with van der Waals surface area (Å²) in [5.74, 6) is -0.636. The Kier molecular flexibility index (Phi) is 5.14. The van der Waals surface area contributed by atoms with Crippen LogP contribution in [-0.2, 0) is 22.0 Å². The van der Waals surface area contributed by atoms with Crippen LogP contribution in [0, 0.1) is 0 Å². The van der Waals surface area contributed by atoms with E-state index in [1.54, 1.807) is 0 Å². The molecule has 1 aromatic carbocycles. The molecule has 1 N–H and O–H groups in total. The molecule has 4 nitrogen and oxygen atoms in total. The standard InChI is InChI=1S/C14H19F3N2O2S/c1-19(12-6-8-18-9-7-12)22(20,21)10-11-4-2-3-5-13(11)14(15,16)17/h2-5,12,18H,6-10H2,1H3. The van der Waals surface area contributed by atoms with E-state index in [1.165, 1.54) is 29.6 Å². The minimum absolute atomic E-state index is 0.163. The number of rotatable bonds is 4. The van der Waals surface area contributed by atoms with Gasteiger partial charge in [0.25, 0.3) is 0 Å². The first-order chi connectivity index (χ1) is 10.2. The van der Waals surface area contributed by atoms with Gasteiger partial charge in [-0.2, -0.15) is 13.2 Å². The Morgan fingerprint density at radius 1 is 1.23 bits per heavy atom. The van der Waals surface area contributed by atoms with Gasteiger partial charge in [0.1, 0.15) is 0 Å². The maximum atomic E-state index is 13.0. The van der Waals surface area contributed by atoms with Crippen molar-refractivity contribution in [2.75, 3.05) is 20.1 Å². The average Bonchev–Trinajstić information content (AvgIpc) is 2.46. The Morgan fingerprint density at radius 3 is 2.41 bits per heavy atom. The zero-order chi connectivity index (χ0) is 16.4. The summed E-state index contributed by atoms with van der Waals surface area (Å²) < 4.78 is 64.9. The van der Waals surface area contributed by atoms with E-state index in [-0.39, 0.29) is 11.6 Å². The molecule has 1 fully saturated rings. The number of hydrogen-bond donors (Lipinski definition) is 1. The topological polar surface area (TPSA) is 49.4 Å². The highest BCUT2D eigenvalue weighted by Gasteiger charge is 2.35. The third-order valence-electron chi connectivity index (χ3n) is 3.92. The second-order valence-corrected chi connectivity index (χ2v) is 7.44. The normalized spacial score (nSPS) is 17.9. The van der Waals surface area contributed by atoms with Crippen LogP contribution in [0.1, 0.15) is 24.0 Å². The lowest BCUT2D eigenvalue weighted by atomic mass is 10.1. The predicted molar refractivity (Wildman–Crippen MR) is 77.7 cm³/mol. The van der Waals surface area contributed by atoms with Crippen LogP contribution in [0.15, 0.2) is 24.3 Å². The Morgan fingerprint density at radius 2 is 1.82 bits per heavy atom. The number of piperidine rings is 1. The number of alkyl halides is 3. The first-order valence-corrected chi connectivity index (χ1v) is 8.64. The zero-order valence-corrected chi connectivity index (χ0v) is 13.0. The number of sulfonamides is 1. The van der Waals surface area contributed by atoms with Crippen molar-refractivity contribution >= 4 is 10.0 Å². The van der Waals surface area contributed by atoms with Gasteiger partial charge in [-0.15, -0.1) is 0 Å².